The van der Waals surface area contributed by atoms with Crippen molar-refractivity contribution in [2.24, 2.45) is 5.92 Å². The summed E-state index contributed by atoms with van der Waals surface area (Å²) >= 11 is 0. The second-order valence-electron chi connectivity index (χ2n) is 7.86. The van der Waals surface area contributed by atoms with Crippen molar-refractivity contribution >= 4 is 23.2 Å². The lowest BCUT2D eigenvalue weighted by Gasteiger charge is -2.26. The third-order valence-corrected chi connectivity index (χ3v) is 5.96. The van der Waals surface area contributed by atoms with Gasteiger partial charge in [0.05, 0.1) is 19.1 Å². The Morgan fingerprint density at radius 3 is 2.43 bits per heavy atom. The molecule has 1 aromatic rings. The number of nitrogens with zero attached hydrogens (tertiary/aromatic N) is 3. The summed E-state index contributed by atoms with van der Waals surface area (Å²) in [4.78, 5) is 31.4. The number of benzene rings is 1. The Hall–Kier alpha value is -2.12. The maximum absolute atomic E-state index is 12.5. The first kappa shape index (κ1) is 19.2. The summed E-state index contributed by atoms with van der Waals surface area (Å²) in [6.07, 6.45) is 2.78. The van der Waals surface area contributed by atoms with Gasteiger partial charge in [-0.15, -0.1) is 0 Å². The first-order valence-corrected chi connectivity index (χ1v) is 10.4. The zero-order chi connectivity index (χ0) is 19.3. The minimum absolute atomic E-state index is 0.0159. The molecule has 3 aliphatic rings. The third kappa shape index (κ3) is 4.47. The molecular weight excluding hydrogens is 356 g/mol. The number of anilines is 2. The summed E-state index contributed by atoms with van der Waals surface area (Å²) in [5.74, 6) is -0.254. The number of carbonyl (C=O) groups is 2. The number of rotatable bonds is 6. The Morgan fingerprint density at radius 2 is 1.71 bits per heavy atom. The summed E-state index contributed by atoms with van der Waals surface area (Å²) in [7, 11) is 0. The number of morpholine rings is 1. The quantitative estimate of drug-likeness (QED) is 0.793. The fourth-order valence-corrected chi connectivity index (χ4v) is 4.26. The lowest BCUT2D eigenvalue weighted by atomic mass is 10.1. The molecule has 28 heavy (non-hydrogen) atoms. The highest BCUT2D eigenvalue weighted by Gasteiger charge is 2.35. The van der Waals surface area contributed by atoms with E-state index in [1.54, 1.807) is 4.90 Å². The summed E-state index contributed by atoms with van der Waals surface area (Å²) in [6, 6.07) is 8.18. The van der Waals surface area contributed by atoms with Crippen LogP contribution in [0.15, 0.2) is 24.3 Å². The fourth-order valence-electron chi connectivity index (χ4n) is 4.26. The maximum atomic E-state index is 12.5. The average molecular weight is 386 g/mol. The van der Waals surface area contributed by atoms with Crippen LogP contribution in [0.3, 0.4) is 0 Å². The van der Waals surface area contributed by atoms with Gasteiger partial charge in [-0.1, -0.05) is 0 Å². The van der Waals surface area contributed by atoms with Crippen LogP contribution in [0.25, 0.3) is 0 Å². The molecule has 3 heterocycles. The number of amides is 2. The van der Waals surface area contributed by atoms with Gasteiger partial charge in [0.15, 0.2) is 0 Å². The van der Waals surface area contributed by atoms with E-state index >= 15 is 0 Å². The van der Waals surface area contributed by atoms with Crippen LogP contribution in [0, 0.1) is 5.92 Å². The Morgan fingerprint density at radius 1 is 1.04 bits per heavy atom. The molecule has 1 N–H and O–H groups in total. The molecule has 3 aliphatic heterocycles. The van der Waals surface area contributed by atoms with Crippen LogP contribution in [-0.2, 0) is 14.3 Å². The van der Waals surface area contributed by atoms with Gasteiger partial charge in [0.1, 0.15) is 0 Å². The van der Waals surface area contributed by atoms with E-state index in [1.165, 1.54) is 18.5 Å². The SMILES string of the molecule is O=C(NCCN1CCOCC1)C1CC(=O)N(c2ccc(N3CCCC3)cc2)C1. The molecule has 7 heteroatoms. The second kappa shape index (κ2) is 8.92. The van der Waals surface area contributed by atoms with Gasteiger partial charge < -0.3 is 19.9 Å². The van der Waals surface area contributed by atoms with Gasteiger partial charge in [-0.05, 0) is 37.1 Å². The molecule has 7 nitrogen and oxygen atoms in total. The van der Waals surface area contributed by atoms with Gasteiger partial charge in [0.2, 0.25) is 11.8 Å². The van der Waals surface area contributed by atoms with Gasteiger partial charge in [-0.3, -0.25) is 14.5 Å². The van der Waals surface area contributed by atoms with E-state index in [-0.39, 0.29) is 24.2 Å². The van der Waals surface area contributed by atoms with Crippen LogP contribution in [0.1, 0.15) is 19.3 Å². The van der Waals surface area contributed by atoms with Crippen LogP contribution in [0.2, 0.25) is 0 Å². The van der Waals surface area contributed by atoms with Crippen molar-refractivity contribution in [3.63, 3.8) is 0 Å². The summed E-state index contributed by atoms with van der Waals surface area (Å²) in [6.45, 7) is 7.48. The Bertz CT molecular complexity index is 681. The molecule has 0 aromatic heterocycles. The van der Waals surface area contributed by atoms with E-state index < -0.39 is 0 Å². The predicted octanol–water partition coefficient (Wildman–Crippen LogP) is 1.09. The van der Waals surface area contributed by atoms with Gasteiger partial charge in [0, 0.05) is 63.6 Å². The van der Waals surface area contributed by atoms with E-state index in [9.17, 15) is 9.59 Å². The largest absolute Gasteiger partial charge is 0.379 e. The monoisotopic (exact) mass is 386 g/mol. The molecule has 1 aromatic carbocycles. The number of carbonyl (C=O) groups excluding carboxylic acids is 2. The van der Waals surface area contributed by atoms with Crippen molar-refractivity contribution in [2.45, 2.75) is 19.3 Å². The topological polar surface area (TPSA) is 65.1 Å². The number of nitrogens with one attached hydrogen (secondary N) is 1. The zero-order valence-electron chi connectivity index (χ0n) is 16.4. The number of hydrogen-bond donors (Lipinski definition) is 1. The second-order valence-corrected chi connectivity index (χ2v) is 7.86. The van der Waals surface area contributed by atoms with E-state index in [4.69, 9.17) is 4.74 Å². The van der Waals surface area contributed by atoms with Gasteiger partial charge in [-0.25, -0.2) is 0 Å². The van der Waals surface area contributed by atoms with Crippen molar-refractivity contribution in [2.75, 3.05) is 68.8 Å². The van der Waals surface area contributed by atoms with Crippen molar-refractivity contribution in [1.29, 1.82) is 0 Å². The number of ether oxygens (including phenoxy) is 1. The predicted molar refractivity (Wildman–Crippen MR) is 109 cm³/mol. The van der Waals surface area contributed by atoms with Crippen LogP contribution in [0.4, 0.5) is 11.4 Å². The zero-order valence-corrected chi connectivity index (χ0v) is 16.4. The molecule has 4 rings (SSSR count). The highest BCUT2D eigenvalue weighted by atomic mass is 16.5. The van der Waals surface area contributed by atoms with Crippen LogP contribution in [0.5, 0.6) is 0 Å². The van der Waals surface area contributed by atoms with Crippen molar-refractivity contribution in [3.8, 4) is 0 Å². The van der Waals surface area contributed by atoms with E-state index in [0.29, 0.717) is 13.1 Å². The van der Waals surface area contributed by atoms with Crippen LogP contribution < -0.4 is 15.1 Å². The first-order valence-electron chi connectivity index (χ1n) is 10.4. The molecule has 0 saturated carbocycles. The summed E-state index contributed by atoms with van der Waals surface area (Å²) in [5, 5.41) is 3.00. The van der Waals surface area contributed by atoms with Crippen LogP contribution in [-0.4, -0.2) is 75.7 Å². The molecule has 3 fully saturated rings. The molecule has 0 aliphatic carbocycles. The molecule has 3 saturated heterocycles. The molecule has 0 radical (unpaired) electrons. The van der Waals surface area contributed by atoms with Crippen molar-refractivity contribution in [1.82, 2.24) is 10.2 Å². The van der Waals surface area contributed by atoms with Crippen LogP contribution >= 0.6 is 0 Å². The normalized spacial score (nSPS) is 23.4. The highest BCUT2D eigenvalue weighted by Crippen LogP contribution is 2.28. The molecule has 152 valence electrons. The summed E-state index contributed by atoms with van der Waals surface area (Å²) < 4.78 is 5.34. The lowest BCUT2D eigenvalue weighted by molar-refractivity contribution is -0.126. The van der Waals surface area contributed by atoms with Crippen molar-refractivity contribution in [3.05, 3.63) is 24.3 Å². The Labute approximate surface area is 166 Å². The number of hydrogen-bond acceptors (Lipinski definition) is 5. The van der Waals surface area contributed by atoms with E-state index in [2.05, 4.69) is 27.2 Å². The minimum atomic E-state index is -0.268. The Balaban J connectivity index is 1.27. The standard InChI is InChI=1S/C21H30N4O3/c26-20-15-17(21(27)22-7-10-23-11-13-28-14-12-23)16-25(20)19-5-3-18(4-6-19)24-8-1-2-9-24/h3-6,17H,1-2,7-16H2,(H,22,27). The fraction of sp³-hybridized carbons (Fsp3) is 0.619. The molecule has 0 bridgehead atoms. The highest BCUT2D eigenvalue weighted by molar-refractivity contribution is 6.00. The first-order chi connectivity index (χ1) is 13.7. The third-order valence-electron chi connectivity index (χ3n) is 5.96. The molecule has 1 unspecified atom stereocenters. The van der Waals surface area contributed by atoms with E-state index in [1.807, 2.05) is 12.1 Å². The Kier molecular flexibility index (Phi) is 6.12. The molecule has 0 spiro atoms. The molecule has 1 atom stereocenters. The van der Waals surface area contributed by atoms with Crippen molar-refractivity contribution < 1.29 is 14.3 Å². The van der Waals surface area contributed by atoms with Gasteiger partial charge >= 0.3 is 0 Å². The van der Waals surface area contributed by atoms with Gasteiger partial charge in [-0.2, -0.15) is 0 Å². The molecular formula is C21H30N4O3. The average Bonchev–Trinajstić information content (AvgIpc) is 3.39. The minimum Gasteiger partial charge on any atom is -0.379 e. The smallest absolute Gasteiger partial charge is 0.227 e. The maximum Gasteiger partial charge on any atom is 0.227 e. The lowest BCUT2D eigenvalue weighted by Crippen LogP contribution is -2.42. The van der Waals surface area contributed by atoms with Gasteiger partial charge in [0.25, 0.3) is 0 Å². The van der Waals surface area contributed by atoms with E-state index in [0.717, 1.165) is 51.6 Å². The summed E-state index contributed by atoms with van der Waals surface area (Å²) in [5.41, 5.74) is 2.10. The molecule has 2 amide bonds.